The van der Waals surface area contributed by atoms with Crippen molar-refractivity contribution in [1.29, 1.82) is 0 Å². The Labute approximate surface area is 107 Å². The zero-order chi connectivity index (χ0) is 12.5. The van der Waals surface area contributed by atoms with E-state index >= 15 is 0 Å². The predicted molar refractivity (Wildman–Crippen MR) is 73.4 cm³/mol. The molecule has 0 unspecified atom stereocenters. The van der Waals surface area contributed by atoms with Gasteiger partial charge in [0, 0.05) is 32.8 Å². The van der Waals surface area contributed by atoms with Crippen LogP contribution in [0.2, 0.25) is 0 Å². The van der Waals surface area contributed by atoms with Gasteiger partial charge in [0.05, 0.1) is 0 Å². The minimum atomic E-state index is 0.825. The number of nitrogens with one attached hydrogen (secondary N) is 1. The summed E-state index contributed by atoms with van der Waals surface area (Å²) in [6.45, 7) is 10.2. The molecule has 102 valence electrons. The van der Waals surface area contributed by atoms with Gasteiger partial charge in [-0.2, -0.15) is 0 Å². The highest BCUT2D eigenvalue weighted by Gasteiger charge is 2.27. The monoisotopic (exact) mass is 242 g/mol. The van der Waals surface area contributed by atoms with E-state index in [-0.39, 0.29) is 0 Å². The summed E-state index contributed by atoms with van der Waals surface area (Å²) in [6.07, 6.45) is 5.29. The van der Waals surface area contributed by atoms with Gasteiger partial charge < -0.3 is 10.1 Å². The Balaban J connectivity index is 2.00. The zero-order valence-electron chi connectivity index (χ0n) is 11.9. The predicted octanol–water partition coefficient (Wildman–Crippen LogP) is 2.12. The van der Waals surface area contributed by atoms with Gasteiger partial charge in [-0.25, -0.2) is 0 Å². The number of rotatable bonds is 11. The van der Waals surface area contributed by atoms with Crippen molar-refractivity contribution < 1.29 is 4.74 Å². The van der Waals surface area contributed by atoms with Gasteiger partial charge in [-0.1, -0.05) is 13.8 Å². The largest absolute Gasteiger partial charge is 0.385 e. The SMILES string of the molecule is COCCCNCCN(CCC(C)C)C1CC1. The maximum atomic E-state index is 5.03. The summed E-state index contributed by atoms with van der Waals surface area (Å²) in [5.41, 5.74) is 0. The second kappa shape index (κ2) is 8.90. The van der Waals surface area contributed by atoms with Crippen LogP contribution >= 0.6 is 0 Å². The molecule has 0 atom stereocenters. The van der Waals surface area contributed by atoms with E-state index in [1.807, 2.05) is 0 Å². The molecule has 1 rings (SSSR count). The fourth-order valence-electron chi connectivity index (χ4n) is 2.03. The van der Waals surface area contributed by atoms with E-state index < -0.39 is 0 Å². The van der Waals surface area contributed by atoms with E-state index in [2.05, 4.69) is 24.1 Å². The average molecular weight is 242 g/mol. The summed E-state index contributed by atoms with van der Waals surface area (Å²) in [6, 6.07) is 0.898. The Kier molecular flexibility index (Phi) is 7.82. The molecule has 0 aromatic carbocycles. The molecule has 0 aromatic heterocycles. The Morgan fingerprint density at radius 1 is 1.24 bits per heavy atom. The third-order valence-corrected chi connectivity index (χ3v) is 3.33. The van der Waals surface area contributed by atoms with Crippen LogP contribution in [-0.4, -0.2) is 50.8 Å². The highest BCUT2D eigenvalue weighted by molar-refractivity contribution is 4.84. The lowest BCUT2D eigenvalue weighted by Crippen LogP contribution is -2.35. The van der Waals surface area contributed by atoms with Crippen LogP contribution < -0.4 is 5.32 Å². The highest BCUT2D eigenvalue weighted by Crippen LogP contribution is 2.26. The normalized spacial score (nSPS) is 16.1. The van der Waals surface area contributed by atoms with Crippen LogP contribution in [0.1, 0.15) is 39.5 Å². The number of hydrogen-bond acceptors (Lipinski definition) is 3. The van der Waals surface area contributed by atoms with Crippen molar-refractivity contribution >= 4 is 0 Å². The number of methoxy groups -OCH3 is 1. The van der Waals surface area contributed by atoms with Crippen molar-refractivity contribution in [3.8, 4) is 0 Å². The molecule has 0 radical (unpaired) electrons. The van der Waals surface area contributed by atoms with E-state index in [9.17, 15) is 0 Å². The van der Waals surface area contributed by atoms with Crippen LogP contribution in [0.3, 0.4) is 0 Å². The van der Waals surface area contributed by atoms with E-state index in [1.165, 1.54) is 32.4 Å². The summed E-state index contributed by atoms with van der Waals surface area (Å²) < 4.78 is 5.03. The van der Waals surface area contributed by atoms with Crippen molar-refractivity contribution in [2.24, 2.45) is 5.92 Å². The summed E-state index contributed by atoms with van der Waals surface area (Å²) in [4.78, 5) is 2.67. The van der Waals surface area contributed by atoms with Crippen molar-refractivity contribution in [3.05, 3.63) is 0 Å². The highest BCUT2D eigenvalue weighted by atomic mass is 16.5. The molecule has 0 heterocycles. The first kappa shape index (κ1) is 14.9. The third-order valence-electron chi connectivity index (χ3n) is 3.33. The van der Waals surface area contributed by atoms with Crippen LogP contribution in [0.25, 0.3) is 0 Å². The number of nitrogens with zero attached hydrogens (tertiary/aromatic N) is 1. The van der Waals surface area contributed by atoms with E-state index in [0.717, 1.165) is 38.1 Å². The minimum Gasteiger partial charge on any atom is -0.385 e. The van der Waals surface area contributed by atoms with E-state index in [1.54, 1.807) is 7.11 Å². The topological polar surface area (TPSA) is 24.5 Å². The first-order valence-corrected chi connectivity index (χ1v) is 7.17. The maximum Gasteiger partial charge on any atom is 0.0474 e. The molecule has 1 saturated carbocycles. The molecule has 3 heteroatoms. The van der Waals surface area contributed by atoms with Gasteiger partial charge in [0.15, 0.2) is 0 Å². The van der Waals surface area contributed by atoms with Crippen molar-refractivity contribution in [1.82, 2.24) is 10.2 Å². The lowest BCUT2D eigenvalue weighted by molar-refractivity contribution is 0.193. The molecule has 1 aliphatic rings. The molecule has 0 aromatic rings. The average Bonchev–Trinajstić information content (AvgIpc) is 3.11. The zero-order valence-corrected chi connectivity index (χ0v) is 11.9. The molecule has 1 fully saturated rings. The van der Waals surface area contributed by atoms with Crippen molar-refractivity contribution in [3.63, 3.8) is 0 Å². The smallest absolute Gasteiger partial charge is 0.0474 e. The fourth-order valence-corrected chi connectivity index (χ4v) is 2.03. The van der Waals surface area contributed by atoms with Gasteiger partial charge in [0.1, 0.15) is 0 Å². The van der Waals surface area contributed by atoms with Crippen LogP contribution in [0.5, 0.6) is 0 Å². The first-order chi connectivity index (χ1) is 8.24. The molecular weight excluding hydrogens is 212 g/mol. The summed E-state index contributed by atoms with van der Waals surface area (Å²) in [5, 5.41) is 3.50. The van der Waals surface area contributed by atoms with E-state index in [4.69, 9.17) is 4.74 Å². The lowest BCUT2D eigenvalue weighted by Gasteiger charge is -2.23. The van der Waals surface area contributed by atoms with Gasteiger partial charge in [-0.15, -0.1) is 0 Å². The number of ether oxygens (including phenoxy) is 1. The third kappa shape index (κ3) is 7.74. The maximum absolute atomic E-state index is 5.03. The van der Waals surface area contributed by atoms with Gasteiger partial charge >= 0.3 is 0 Å². The molecule has 1 aliphatic carbocycles. The molecule has 3 nitrogen and oxygen atoms in total. The molecule has 0 aliphatic heterocycles. The van der Waals surface area contributed by atoms with Crippen LogP contribution in [0.15, 0.2) is 0 Å². The van der Waals surface area contributed by atoms with E-state index in [0.29, 0.717) is 0 Å². The Bertz CT molecular complexity index is 181. The minimum absolute atomic E-state index is 0.825. The molecule has 0 amide bonds. The van der Waals surface area contributed by atoms with Gasteiger partial charge in [0.2, 0.25) is 0 Å². The van der Waals surface area contributed by atoms with Crippen LogP contribution in [-0.2, 0) is 4.74 Å². The second-order valence-electron chi connectivity index (χ2n) is 5.55. The summed E-state index contributed by atoms with van der Waals surface area (Å²) >= 11 is 0. The lowest BCUT2D eigenvalue weighted by atomic mass is 10.1. The van der Waals surface area contributed by atoms with Gasteiger partial charge in [-0.3, -0.25) is 4.90 Å². The summed E-state index contributed by atoms with van der Waals surface area (Å²) in [7, 11) is 1.76. The molecule has 1 N–H and O–H groups in total. The van der Waals surface area contributed by atoms with Crippen molar-refractivity contribution in [2.75, 3.05) is 39.9 Å². The van der Waals surface area contributed by atoms with Gasteiger partial charge in [0.25, 0.3) is 0 Å². The molecule has 0 bridgehead atoms. The summed E-state index contributed by atoms with van der Waals surface area (Å²) in [5.74, 6) is 0.825. The molecular formula is C14H30N2O. The first-order valence-electron chi connectivity index (χ1n) is 7.17. The van der Waals surface area contributed by atoms with Gasteiger partial charge in [-0.05, 0) is 44.7 Å². The molecule has 0 saturated heterocycles. The Morgan fingerprint density at radius 3 is 2.59 bits per heavy atom. The second-order valence-corrected chi connectivity index (χ2v) is 5.55. The van der Waals surface area contributed by atoms with Crippen LogP contribution in [0.4, 0.5) is 0 Å². The molecule has 0 spiro atoms. The van der Waals surface area contributed by atoms with Crippen molar-refractivity contribution in [2.45, 2.75) is 45.6 Å². The standard InChI is InChI=1S/C14H30N2O/c1-13(2)7-10-16(14-5-6-14)11-9-15-8-4-12-17-3/h13-15H,4-12H2,1-3H3. The quantitative estimate of drug-likeness (QED) is 0.562. The fraction of sp³-hybridized carbons (Fsp3) is 1.00. The Hall–Kier alpha value is -0.120. The van der Waals surface area contributed by atoms with Crippen LogP contribution in [0, 0.1) is 5.92 Å². The number of hydrogen-bond donors (Lipinski definition) is 1. The molecule has 17 heavy (non-hydrogen) atoms. The Morgan fingerprint density at radius 2 is 2.00 bits per heavy atom.